The molecule has 4 rings (SSSR count). The zero-order valence-electron chi connectivity index (χ0n) is 17.5. The number of nitrogens with one attached hydrogen (secondary N) is 2. The normalized spacial score (nSPS) is 11.5. The molecular weight excluding hydrogens is 455 g/mol. The van der Waals surface area contributed by atoms with E-state index in [-0.39, 0.29) is 18.4 Å². The molecule has 4 aromatic rings. The number of hydrogen-bond acceptors (Lipinski definition) is 8. The van der Waals surface area contributed by atoms with E-state index in [1.807, 2.05) is 6.07 Å². The van der Waals surface area contributed by atoms with Gasteiger partial charge in [-0.25, -0.2) is 14.4 Å². The van der Waals surface area contributed by atoms with Gasteiger partial charge in [0.1, 0.15) is 23.1 Å². The van der Waals surface area contributed by atoms with Crippen LogP contribution in [-0.2, 0) is 5.92 Å². The first-order chi connectivity index (χ1) is 15.9. The number of anilines is 3. The van der Waals surface area contributed by atoms with E-state index >= 15 is 8.78 Å². The van der Waals surface area contributed by atoms with Crippen LogP contribution < -0.4 is 15.4 Å². The summed E-state index contributed by atoms with van der Waals surface area (Å²) in [7, 11) is 1.57. The van der Waals surface area contributed by atoms with E-state index in [1.165, 1.54) is 11.3 Å². The predicted octanol–water partition coefficient (Wildman–Crippen LogP) is 4.91. The standard InChI is InChI=1S/C22H20F3N5O2S/c1-32-15-7-8-16-17(11-15)33-21(27-16)30-19-12-18(28-20(29-19)26-9-2-10-31)22(24,25)13-3-5-14(23)6-4-13/h3-8,11-12,31H,2,9-10H2,1H3,(H2,26,27,28,29,30). The van der Waals surface area contributed by atoms with Crippen LogP contribution in [0, 0.1) is 5.82 Å². The van der Waals surface area contributed by atoms with Crippen LogP contribution in [0.15, 0.2) is 48.5 Å². The molecule has 33 heavy (non-hydrogen) atoms. The summed E-state index contributed by atoms with van der Waals surface area (Å²) in [4.78, 5) is 12.7. The lowest BCUT2D eigenvalue weighted by atomic mass is 10.1. The first kappa shape index (κ1) is 22.7. The second-order valence-corrected chi connectivity index (χ2v) is 8.06. The Morgan fingerprint density at radius 1 is 1.06 bits per heavy atom. The average molecular weight is 475 g/mol. The van der Waals surface area contributed by atoms with Gasteiger partial charge in [0.15, 0.2) is 5.13 Å². The van der Waals surface area contributed by atoms with Gasteiger partial charge in [0.2, 0.25) is 5.95 Å². The fourth-order valence-corrected chi connectivity index (χ4v) is 3.93. The summed E-state index contributed by atoms with van der Waals surface area (Å²) < 4.78 is 49.7. The highest BCUT2D eigenvalue weighted by molar-refractivity contribution is 7.22. The number of hydrogen-bond donors (Lipinski definition) is 3. The van der Waals surface area contributed by atoms with Crippen LogP contribution in [0.3, 0.4) is 0 Å². The molecule has 0 bridgehead atoms. The molecule has 2 heterocycles. The number of aliphatic hydroxyl groups is 1. The van der Waals surface area contributed by atoms with E-state index in [9.17, 15) is 4.39 Å². The van der Waals surface area contributed by atoms with E-state index in [4.69, 9.17) is 9.84 Å². The Labute approximate surface area is 191 Å². The quantitative estimate of drug-likeness (QED) is 0.296. The zero-order chi connectivity index (χ0) is 23.4. The van der Waals surface area contributed by atoms with Gasteiger partial charge in [-0.15, -0.1) is 0 Å². The molecule has 2 aromatic heterocycles. The summed E-state index contributed by atoms with van der Waals surface area (Å²) in [6.45, 7) is 0.223. The summed E-state index contributed by atoms with van der Waals surface area (Å²) in [6.07, 6.45) is 0.393. The molecule has 0 fully saturated rings. The number of rotatable bonds is 9. The molecule has 0 saturated carbocycles. The third kappa shape index (κ3) is 5.15. The van der Waals surface area contributed by atoms with Crippen molar-refractivity contribution in [3.63, 3.8) is 0 Å². The molecule has 7 nitrogen and oxygen atoms in total. The summed E-state index contributed by atoms with van der Waals surface area (Å²) in [6, 6.07) is 10.5. The van der Waals surface area contributed by atoms with Gasteiger partial charge in [0.25, 0.3) is 0 Å². The van der Waals surface area contributed by atoms with E-state index in [0.717, 1.165) is 40.5 Å². The minimum absolute atomic E-state index is 0.0342. The van der Waals surface area contributed by atoms with Crippen molar-refractivity contribution in [1.29, 1.82) is 0 Å². The minimum atomic E-state index is -3.50. The summed E-state index contributed by atoms with van der Waals surface area (Å²) in [5.74, 6) is -3.36. The first-order valence-electron chi connectivity index (χ1n) is 9.99. The molecule has 3 N–H and O–H groups in total. The Balaban J connectivity index is 1.69. The molecule has 0 aliphatic heterocycles. The molecule has 0 atom stereocenters. The smallest absolute Gasteiger partial charge is 0.315 e. The lowest BCUT2D eigenvalue weighted by Gasteiger charge is -2.18. The van der Waals surface area contributed by atoms with E-state index in [1.54, 1.807) is 19.2 Å². The number of aliphatic hydroxyl groups excluding tert-OH is 1. The molecule has 0 aliphatic rings. The lowest BCUT2D eigenvalue weighted by molar-refractivity contribution is 0.0380. The van der Waals surface area contributed by atoms with E-state index < -0.39 is 23.0 Å². The summed E-state index contributed by atoms with van der Waals surface area (Å²) in [5.41, 5.74) is -0.252. The van der Waals surface area contributed by atoms with Crippen molar-refractivity contribution >= 4 is 38.5 Å². The molecule has 0 radical (unpaired) electrons. The Kier molecular flexibility index (Phi) is 6.61. The van der Waals surface area contributed by atoms with Crippen molar-refractivity contribution in [3.8, 4) is 5.75 Å². The number of aromatic nitrogens is 3. The van der Waals surface area contributed by atoms with Crippen LogP contribution in [0.4, 0.5) is 30.1 Å². The van der Waals surface area contributed by atoms with E-state index in [0.29, 0.717) is 23.8 Å². The maximum Gasteiger partial charge on any atom is 0.315 e. The van der Waals surface area contributed by atoms with Gasteiger partial charge in [-0.1, -0.05) is 11.3 Å². The maximum absolute atomic E-state index is 15.2. The van der Waals surface area contributed by atoms with Gasteiger partial charge in [-0.05, 0) is 48.9 Å². The molecule has 11 heteroatoms. The Bertz CT molecular complexity index is 1250. The molecule has 0 spiro atoms. The predicted molar refractivity (Wildman–Crippen MR) is 121 cm³/mol. The number of thiazole rings is 1. The van der Waals surface area contributed by atoms with Crippen molar-refractivity contribution in [2.75, 3.05) is 30.9 Å². The fourth-order valence-electron chi connectivity index (χ4n) is 3.03. The topological polar surface area (TPSA) is 92.2 Å². The Morgan fingerprint density at radius 3 is 2.58 bits per heavy atom. The highest BCUT2D eigenvalue weighted by Crippen LogP contribution is 2.37. The van der Waals surface area contributed by atoms with Crippen molar-refractivity contribution in [2.24, 2.45) is 0 Å². The SMILES string of the molecule is COc1ccc2nc(Nc3cc(C(F)(F)c4ccc(F)cc4)nc(NCCCO)n3)sc2c1. The van der Waals surface area contributed by atoms with Gasteiger partial charge in [-0.3, -0.25) is 0 Å². The minimum Gasteiger partial charge on any atom is -0.497 e. The zero-order valence-corrected chi connectivity index (χ0v) is 18.3. The number of methoxy groups -OCH3 is 1. The number of halogens is 3. The largest absolute Gasteiger partial charge is 0.497 e. The van der Waals surface area contributed by atoms with E-state index in [2.05, 4.69) is 25.6 Å². The molecule has 2 aromatic carbocycles. The number of alkyl halides is 2. The van der Waals surface area contributed by atoms with Gasteiger partial charge in [0, 0.05) is 24.8 Å². The molecular formula is C22H20F3N5O2S. The van der Waals surface area contributed by atoms with Gasteiger partial charge >= 0.3 is 5.92 Å². The number of nitrogens with zero attached hydrogens (tertiary/aromatic N) is 3. The number of ether oxygens (including phenoxy) is 1. The van der Waals surface area contributed by atoms with Crippen LogP contribution in [0.1, 0.15) is 17.7 Å². The van der Waals surface area contributed by atoms with Crippen molar-refractivity contribution < 1.29 is 23.0 Å². The molecule has 0 amide bonds. The molecule has 0 saturated heterocycles. The van der Waals surface area contributed by atoms with Crippen LogP contribution in [0.2, 0.25) is 0 Å². The second-order valence-electron chi connectivity index (χ2n) is 7.02. The average Bonchev–Trinajstić information content (AvgIpc) is 3.20. The summed E-state index contributed by atoms with van der Waals surface area (Å²) >= 11 is 1.32. The van der Waals surface area contributed by atoms with Crippen molar-refractivity contribution in [3.05, 3.63) is 65.6 Å². The molecule has 0 aliphatic carbocycles. The maximum atomic E-state index is 15.2. The number of fused-ring (bicyclic) bond motifs is 1. The van der Waals surface area contributed by atoms with Gasteiger partial charge < -0.3 is 20.5 Å². The van der Waals surface area contributed by atoms with Crippen LogP contribution in [0.25, 0.3) is 10.2 Å². The highest BCUT2D eigenvalue weighted by Gasteiger charge is 2.37. The van der Waals surface area contributed by atoms with Crippen molar-refractivity contribution in [1.82, 2.24) is 15.0 Å². The number of benzene rings is 2. The highest BCUT2D eigenvalue weighted by atomic mass is 32.1. The Hall–Kier alpha value is -3.44. The summed E-state index contributed by atoms with van der Waals surface area (Å²) in [5, 5.41) is 15.3. The Morgan fingerprint density at radius 2 is 1.85 bits per heavy atom. The van der Waals surface area contributed by atoms with Crippen LogP contribution >= 0.6 is 11.3 Å². The third-order valence-corrected chi connectivity index (χ3v) is 5.64. The second kappa shape index (κ2) is 9.59. The fraction of sp³-hybridized carbons (Fsp3) is 0.227. The molecule has 0 unspecified atom stereocenters. The van der Waals surface area contributed by atoms with Crippen LogP contribution in [-0.4, -0.2) is 40.3 Å². The van der Waals surface area contributed by atoms with Crippen molar-refractivity contribution in [2.45, 2.75) is 12.3 Å². The monoisotopic (exact) mass is 475 g/mol. The van der Waals surface area contributed by atoms with Crippen LogP contribution in [0.5, 0.6) is 5.75 Å². The van der Waals surface area contributed by atoms with Gasteiger partial charge in [0.05, 0.1) is 17.3 Å². The molecule has 172 valence electrons. The first-order valence-corrected chi connectivity index (χ1v) is 10.8. The lowest BCUT2D eigenvalue weighted by Crippen LogP contribution is -2.19. The van der Waals surface area contributed by atoms with Gasteiger partial charge in [-0.2, -0.15) is 13.8 Å². The third-order valence-electron chi connectivity index (χ3n) is 4.70.